The van der Waals surface area contributed by atoms with E-state index in [4.69, 9.17) is 9.47 Å². The van der Waals surface area contributed by atoms with Crippen molar-refractivity contribution >= 4 is 11.8 Å². The highest BCUT2D eigenvalue weighted by atomic mass is 16.5. The highest BCUT2D eigenvalue weighted by molar-refractivity contribution is 5.97. The lowest BCUT2D eigenvalue weighted by Crippen LogP contribution is -2.14. The number of nitrogens with zero attached hydrogens (tertiary/aromatic N) is 2. The van der Waals surface area contributed by atoms with Crippen molar-refractivity contribution in [2.24, 2.45) is 0 Å². The summed E-state index contributed by atoms with van der Waals surface area (Å²) in [5, 5.41) is 4.60. The molecule has 0 unspecified atom stereocenters. The van der Waals surface area contributed by atoms with Gasteiger partial charge in [0.25, 0.3) is 0 Å². The number of hydrogen-bond acceptors (Lipinski definition) is 5. The molecule has 0 bridgehead atoms. The number of esters is 1. The van der Waals surface area contributed by atoms with Gasteiger partial charge in [-0.05, 0) is 38.0 Å². The third-order valence-electron chi connectivity index (χ3n) is 4.78. The van der Waals surface area contributed by atoms with Gasteiger partial charge in [0.05, 0.1) is 18.5 Å². The molecule has 0 saturated heterocycles. The van der Waals surface area contributed by atoms with E-state index in [1.807, 2.05) is 48.9 Å². The summed E-state index contributed by atoms with van der Waals surface area (Å²) in [4.78, 5) is 24.2. The molecule has 6 heteroatoms. The van der Waals surface area contributed by atoms with E-state index >= 15 is 0 Å². The normalized spacial score (nSPS) is 10.6. The zero-order chi connectivity index (χ0) is 20.8. The van der Waals surface area contributed by atoms with Gasteiger partial charge in [0.1, 0.15) is 5.75 Å². The van der Waals surface area contributed by atoms with E-state index in [-0.39, 0.29) is 18.8 Å². The highest BCUT2D eigenvalue weighted by Gasteiger charge is 2.16. The van der Waals surface area contributed by atoms with Crippen LogP contribution in [-0.4, -0.2) is 35.2 Å². The quantitative estimate of drug-likeness (QED) is 0.430. The molecule has 3 aromatic rings. The number of benzene rings is 2. The predicted molar refractivity (Wildman–Crippen MR) is 110 cm³/mol. The number of hydrogen-bond donors (Lipinski definition) is 0. The van der Waals surface area contributed by atoms with E-state index in [0.717, 1.165) is 28.4 Å². The number of Topliss-reactive ketones (excluding diaryl/α,β-unsaturated/α-hetero) is 1. The molecule has 0 aliphatic heterocycles. The third kappa shape index (κ3) is 4.90. The fourth-order valence-electron chi connectivity index (χ4n) is 3.18. The minimum absolute atomic E-state index is 0.188. The Morgan fingerprint density at radius 3 is 2.52 bits per heavy atom. The lowest BCUT2D eigenvalue weighted by molar-refractivity contribution is -0.142. The zero-order valence-corrected chi connectivity index (χ0v) is 16.8. The number of carbonyl (C=O) groups excluding carboxylic acids is 2. The van der Waals surface area contributed by atoms with E-state index < -0.39 is 5.97 Å². The summed E-state index contributed by atoms with van der Waals surface area (Å²) in [6.45, 7) is 3.65. The molecule has 0 aliphatic carbocycles. The number of ketones is 1. The van der Waals surface area contributed by atoms with Gasteiger partial charge in [-0.1, -0.05) is 36.4 Å². The summed E-state index contributed by atoms with van der Waals surface area (Å²) in [6.07, 6.45) is 0.688. The first kappa shape index (κ1) is 20.3. The first-order chi connectivity index (χ1) is 14.0. The maximum absolute atomic E-state index is 12.1. The minimum Gasteiger partial charge on any atom is -0.497 e. The van der Waals surface area contributed by atoms with Crippen LogP contribution in [0.4, 0.5) is 0 Å². The first-order valence-corrected chi connectivity index (χ1v) is 9.43. The number of carbonyl (C=O) groups is 2. The Morgan fingerprint density at radius 2 is 1.79 bits per heavy atom. The molecule has 1 aromatic heterocycles. The molecule has 0 radical (unpaired) electrons. The zero-order valence-electron chi connectivity index (χ0n) is 16.8. The highest BCUT2D eigenvalue weighted by Crippen LogP contribution is 2.22. The topological polar surface area (TPSA) is 70.4 Å². The van der Waals surface area contributed by atoms with Crippen molar-refractivity contribution in [1.82, 2.24) is 9.78 Å². The number of ether oxygens (including phenoxy) is 2. The Balaban J connectivity index is 1.61. The van der Waals surface area contributed by atoms with Crippen molar-refractivity contribution in [2.75, 3.05) is 13.7 Å². The van der Waals surface area contributed by atoms with Gasteiger partial charge < -0.3 is 9.47 Å². The smallest absolute Gasteiger partial charge is 0.306 e. The summed E-state index contributed by atoms with van der Waals surface area (Å²) < 4.78 is 12.3. The molecule has 3 rings (SSSR count). The molecule has 1 heterocycles. The van der Waals surface area contributed by atoms with E-state index in [9.17, 15) is 9.59 Å². The molecule has 150 valence electrons. The SMILES string of the molecule is COc1cccc(-n2nc(C)c(CCC(=O)OCC(=O)c3ccccc3)c2C)c1. The number of aromatic nitrogens is 2. The van der Waals surface area contributed by atoms with Gasteiger partial charge in [-0.2, -0.15) is 5.10 Å². The third-order valence-corrected chi connectivity index (χ3v) is 4.78. The van der Waals surface area contributed by atoms with E-state index in [0.29, 0.717) is 12.0 Å². The van der Waals surface area contributed by atoms with Crippen LogP contribution in [0.3, 0.4) is 0 Å². The van der Waals surface area contributed by atoms with Crippen LogP contribution in [0, 0.1) is 13.8 Å². The van der Waals surface area contributed by atoms with Crippen LogP contribution in [0.2, 0.25) is 0 Å². The van der Waals surface area contributed by atoms with Gasteiger partial charge in [-0.25, -0.2) is 4.68 Å². The van der Waals surface area contributed by atoms with Gasteiger partial charge in [-0.3, -0.25) is 9.59 Å². The van der Waals surface area contributed by atoms with Crippen LogP contribution in [0.25, 0.3) is 5.69 Å². The second-order valence-electron chi connectivity index (χ2n) is 6.71. The second-order valence-corrected chi connectivity index (χ2v) is 6.71. The summed E-state index contributed by atoms with van der Waals surface area (Å²) in [7, 11) is 1.62. The van der Waals surface area contributed by atoms with Crippen LogP contribution in [0.1, 0.15) is 33.7 Å². The van der Waals surface area contributed by atoms with Crippen LogP contribution < -0.4 is 4.74 Å². The first-order valence-electron chi connectivity index (χ1n) is 9.43. The Labute approximate surface area is 170 Å². The second kappa shape index (κ2) is 9.19. The molecular weight excluding hydrogens is 368 g/mol. The fraction of sp³-hybridized carbons (Fsp3) is 0.261. The molecule has 6 nitrogen and oxygen atoms in total. The minimum atomic E-state index is -0.401. The Morgan fingerprint density at radius 1 is 1.03 bits per heavy atom. The Kier molecular flexibility index (Phi) is 6.44. The molecule has 29 heavy (non-hydrogen) atoms. The number of rotatable bonds is 8. The summed E-state index contributed by atoms with van der Waals surface area (Å²) in [5.74, 6) is 0.141. The van der Waals surface area contributed by atoms with Crippen molar-refractivity contribution in [2.45, 2.75) is 26.7 Å². The maximum atomic E-state index is 12.1. The maximum Gasteiger partial charge on any atom is 0.306 e. The van der Waals surface area contributed by atoms with Crippen LogP contribution in [0.15, 0.2) is 54.6 Å². The summed E-state index contributed by atoms with van der Waals surface area (Å²) in [6, 6.07) is 16.4. The lowest BCUT2D eigenvalue weighted by Gasteiger charge is -2.08. The fourth-order valence-corrected chi connectivity index (χ4v) is 3.18. The molecule has 0 spiro atoms. The van der Waals surface area contributed by atoms with E-state index in [2.05, 4.69) is 5.10 Å². The average Bonchev–Trinajstić information content (AvgIpc) is 3.04. The van der Waals surface area contributed by atoms with Gasteiger partial charge in [0, 0.05) is 23.7 Å². The molecule has 0 saturated carbocycles. The van der Waals surface area contributed by atoms with Gasteiger partial charge in [0.2, 0.25) is 0 Å². The van der Waals surface area contributed by atoms with Crippen molar-refractivity contribution in [1.29, 1.82) is 0 Å². The van der Waals surface area contributed by atoms with Crippen molar-refractivity contribution in [3.05, 3.63) is 77.1 Å². The van der Waals surface area contributed by atoms with Crippen molar-refractivity contribution in [3.8, 4) is 11.4 Å². The standard InChI is InChI=1S/C23H24N2O4/c1-16-21(17(2)25(24-16)19-10-7-11-20(14-19)28-3)12-13-23(27)29-15-22(26)18-8-5-4-6-9-18/h4-11,14H,12-13,15H2,1-3H3. The Bertz CT molecular complexity index is 1010. The van der Waals surface area contributed by atoms with E-state index in [1.165, 1.54) is 0 Å². The van der Waals surface area contributed by atoms with Crippen molar-refractivity contribution in [3.63, 3.8) is 0 Å². The van der Waals surface area contributed by atoms with Crippen LogP contribution >= 0.6 is 0 Å². The molecule has 2 aromatic carbocycles. The van der Waals surface area contributed by atoms with Gasteiger partial charge >= 0.3 is 5.97 Å². The number of methoxy groups -OCH3 is 1. The van der Waals surface area contributed by atoms with Gasteiger partial charge in [-0.15, -0.1) is 0 Å². The number of aryl methyl sites for hydroxylation is 1. The van der Waals surface area contributed by atoms with E-state index in [1.54, 1.807) is 31.4 Å². The van der Waals surface area contributed by atoms with Crippen LogP contribution in [-0.2, 0) is 16.0 Å². The van der Waals surface area contributed by atoms with Crippen molar-refractivity contribution < 1.29 is 19.1 Å². The average molecular weight is 392 g/mol. The van der Waals surface area contributed by atoms with Gasteiger partial charge in [0.15, 0.2) is 12.4 Å². The summed E-state index contributed by atoms with van der Waals surface area (Å²) >= 11 is 0. The molecule has 0 aliphatic rings. The lowest BCUT2D eigenvalue weighted by atomic mass is 10.1. The monoisotopic (exact) mass is 392 g/mol. The molecule has 0 N–H and O–H groups in total. The summed E-state index contributed by atoms with van der Waals surface area (Å²) in [5.41, 5.74) is 4.25. The largest absolute Gasteiger partial charge is 0.497 e. The van der Waals surface area contributed by atoms with Crippen LogP contribution in [0.5, 0.6) is 5.75 Å². The predicted octanol–water partition coefficient (Wildman–Crippen LogP) is 3.86. The molecule has 0 fully saturated rings. The molecular formula is C23H24N2O4. The Hall–Kier alpha value is -3.41. The molecule has 0 amide bonds. The molecule has 0 atom stereocenters.